The number of likely N-dealkylation sites (tertiary alicyclic amines) is 1. The summed E-state index contributed by atoms with van der Waals surface area (Å²) in [7, 11) is 0. The average Bonchev–Trinajstić information content (AvgIpc) is 2.60. The van der Waals surface area contributed by atoms with E-state index in [0.717, 1.165) is 63.9 Å². The van der Waals surface area contributed by atoms with Crippen molar-refractivity contribution in [1.82, 2.24) is 15.5 Å². The molecule has 0 spiro atoms. The van der Waals surface area contributed by atoms with Crippen molar-refractivity contribution in [3.8, 4) is 0 Å². The maximum absolute atomic E-state index is 9.56. The van der Waals surface area contributed by atoms with Crippen molar-refractivity contribution in [1.29, 1.82) is 0 Å². The van der Waals surface area contributed by atoms with Crippen LogP contribution in [0.4, 0.5) is 0 Å². The minimum absolute atomic E-state index is 0.0775. The van der Waals surface area contributed by atoms with Crippen LogP contribution in [-0.4, -0.2) is 60.8 Å². The number of rotatable bonds is 7. The Hall–Kier alpha value is -0.810. The summed E-state index contributed by atoms with van der Waals surface area (Å²) in [5.41, 5.74) is 0. The topological polar surface area (TPSA) is 59.9 Å². The average molecular weight is 339 g/mol. The summed E-state index contributed by atoms with van der Waals surface area (Å²) in [5.74, 6) is 1.88. The molecule has 0 aromatic rings. The SMILES string of the molecule is CCNC(=NCCCN1CCC(O)CC1)NC1CCCC(CC)C1. The molecule has 140 valence electrons. The van der Waals surface area contributed by atoms with Crippen molar-refractivity contribution < 1.29 is 5.11 Å². The van der Waals surface area contributed by atoms with Gasteiger partial charge in [0, 0.05) is 32.2 Å². The number of piperidine rings is 1. The van der Waals surface area contributed by atoms with Crippen LogP contribution in [0.5, 0.6) is 0 Å². The number of guanidine groups is 1. The van der Waals surface area contributed by atoms with Gasteiger partial charge < -0.3 is 20.6 Å². The Morgan fingerprint density at radius 2 is 1.96 bits per heavy atom. The van der Waals surface area contributed by atoms with Crippen LogP contribution in [0.2, 0.25) is 0 Å². The van der Waals surface area contributed by atoms with E-state index in [2.05, 4.69) is 29.4 Å². The first-order chi connectivity index (χ1) is 11.7. The van der Waals surface area contributed by atoms with Gasteiger partial charge in [-0.05, 0) is 51.5 Å². The molecule has 2 rings (SSSR count). The van der Waals surface area contributed by atoms with Gasteiger partial charge in [-0.2, -0.15) is 0 Å². The highest BCUT2D eigenvalue weighted by Gasteiger charge is 2.21. The lowest BCUT2D eigenvalue weighted by atomic mass is 9.84. The van der Waals surface area contributed by atoms with Gasteiger partial charge >= 0.3 is 0 Å². The fraction of sp³-hybridized carbons (Fsp3) is 0.947. The van der Waals surface area contributed by atoms with Crippen LogP contribution in [-0.2, 0) is 0 Å². The molecule has 2 fully saturated rings. The van der Waals surface area contributed by atoms with Crippen LogP contribution in [0.1, 0.15) is 65.2 Å². The Kier molecular flexibility index (Phi) is 8.89. The molecule has 1 aliphatic heterocycles. The smallest absolute Gasteiger partial charge is 0.191 e. The molecule has 5 heteroatoms. The molecule has 24 heavy (non-hydrogen) atoms. The van der Waals surface area contributed by atoms with E-state index in [-0.39, 0.29) is 6.10 Å². The Morgan fingerprint density at radius 3 is 2.67 bits per heavy atom. The highest BCUT2D eigenvalue weighted by atomic mass is 16.3. The molecule has 1 saturated heterocycles. The van der Waals surface area contributed by atoms with Crippen LogP contribution in [0.15, 0.2) is 4.99 Å². The predicted molar refractivity (Wildman–Crippen MR) is 101 cm³/mol. The number of nitrogens with one attached hydrogen (secondary N) is 2. The molecule has 0 aromatic carbocycles. The third kappa shape index (κ3) is 6.98. The number of hydrogen-bond donors (Lipinski definition) is 3. The molecule has 0 aromatic heterocycles. The zero-order valence-corrected chi connectivity index (χ0v) is 15.8. The second kappa shape index (κ2) is 10.9. The van der Waals surface area contributed by atoms with Gasteiger partial charge in [0.15, 0.2) is 5.96 Å². The van der Waals surface area contributed by atoms with Crippen molar-refractivity contribution in [3.05, 3.63) is 0 Å². The van der Waals surface area contributed by atoms with Crippen LogP contribution < -0.4 is 10.6 Å². The van der Waals surface area contributed by atoms with Gasteiger partial charge in [-0.25, -0.2) is 0 Å². The van der Waals surface area contributed by atoms with E-state index in [1.807, 2.05) is 0 Å². The van der Waals surface area contributed by atoms with E-state index >= 15 is 0 Å². The van der Waals surface area contributed by atoms with Crippen LogP contribution in [0.3, 0.4) is 0 Å². The molecule has 1 aliphatic carbocycles. The van der Waals surface area contributed by atoms with Crippen molar-refractivity contribution >= 4 is 5.96 Å². The standard InChI is InChI=1S/C19H38N4O/c1-3-16-7-5-8-17(15-16)22-19(20-4-2)21-11-6-12-23-13-9-18(24)10-14-23/h16-18,24H,3-15H2,1-2H3,(H2,20,21,22). The summed E-state index contributed by atoms with van der Waals surface area (Å²) in [6.07, 6.45) is 9.47. The first kappa shape index (κ1) is 19.5. The lowest BCUT2D eigenvalue weighted by Gasteiger charge is -2.30. The van der Waals surface area contributed by atoms with E-state index in [4.69, 9.17) is 4.99 Å². The van der Waals surface area contributed by atoms with E-state index < -0.39 is 0 Å². The summed E-state index contributed by atoms with van der Waals surface area (Å²) >= 11 is 0. The van der Waals surface area contributed by atoms with Crippen LogP contribution in [0.25, 0.3) is 0 Å². The lowest BCUT2D eigenvalue weighted by Crippen LogP contribution is -2.45. The Morgan fingerprint density at radius 1 is 1.17 bits per heavy atom. The predicted octanol–water partition coefficient (Wildman–Crippen LogP) is 2.36. The van der Waals surface area contributed by atoms with E-state index in [1.165, 1.54) is 32.1 Å². The fourth-order valence-corrected chi connectivity index (χ4v) is 3.93. The molecule has 0 bridgehead atoms. The summed E-state index contributed by atoms with van der Waals surface area (Å²) in [6.45, 7) is 9.39. The molecule has 1 heterocycles. The zero-order valence-electron chi connectivity index (χ0n) is 15.8. The first-order valence-electron chi connectivity index (χ1n) is 10.2. The highest BCUT2D eigenvalue weighted by molar-refractivity contribution is 5.80. The van der Waals surface area contributed by atoms with E-state index in [1.54, 1.807) is 0 Å². The van der Waals surface area contributed by atoms with Gasteiger partial charge in [0.2, 0.25) is 0 Å². The first-order valence-corrected chi connectivity index (χ1v) is 10.2. The molecule has 2 atom stereocenters. The second-order valence-electron chi connectivity index (χ2n) is 7.47. The number of hydrogen-bond acceptors (Lipinski definition) is 3. The van der Waals surface area contributed by atoms with Gasteiger partial charge in [0.05, 0.1) is 6.10 Å². The molecule has 0 amide bonds. The molecular weight excluding hydrogens is 300 g/mol. The minimum atomic E-state index is -0.0775. The normalized spacial score (nSPS) is 27.2. The number of aliphatic hydroxyl groups excluding tert-OH is 1. The maximum Gasteiger partial charge on any atom is 0.191 e. The van der Waals surface area contributed by atoms with Crippen molar-refractivity contribution in [2.24, 2.45) is 10.9 Å². The third-order valence-corrected chi connectivity index (χ3v) is 5.50. The summed E-state index contributed by atoms with van der Waals surface area (Å²) in [6, 6.07) is 0.588. The molecular formula is C19H38N4O. The monoisotopic (exact) mass is 338 g/mol. The fourth-order valence-electron chi connectivity index (χ4n) is 3.93. The van der Waals surface area contributed by atoms with Crippen LogP contribution in [0, 0.1) is 5.92 Å². The van der Waals surface area contributed by atoms with E-state index in [0.29, 0.717) is 6.04 Å². The Balaban J connectivity index is 1.69. The lowest BCUT2D eigenvalue weighted by molar-refractivity contribution is 0.0824. The summed E-state index contributed by atoms with van der Waals surface area (Å²) in [4.78, 5) is 7.23. The summed E-state index contributed by atoms with van der Waals surface area (Å²) < 4.78 is 0. The number of aliphatic hydroxyl groups is 1. The summed E-state index contributed by atoms with van der Waals surface area (Å²) in [5, 5.41) is 16.6. The highest BCUT2D eigenvalue weighted by Crippen LogP contribution is 2.26. The Labute approximate surface area is 148 Å². The van der Waals surface area contributed by atoms with E-state index in [9.17, 15) is 5.11 Å². The number of nitrogens with zero attached hydrogens (tertiary/aromatic N) is 2. The molecule has 5 nitrogen and oxygen atoms in total. The van der Waals surface area contributed by atoms with Gasteiger partial charge in [0.1, 0.15) is 0 Å². The van der Waals surface area contributed by atoms with Gasteiger partial charge in [-0.15, -0.1) is 0 Å². The number of aliphatic imine (C=N–C) groups is 1. The minimum Gasteiger partial charge on any atom is -0.393 e. The van der Waals surface area contributed by atoms with Crippen molar-refractivity contribution in [2.75, 3.05) is 32.7 Å². The zero-order chi connectivity index (χ0) is 17.2. The van der Waals surface area contributed by atoms with Crippen molar-refractivity contribution in [2.45, 2.75) is 77.4 Å². The molecule has 3 N–H and O–H groups in total. The molecule has 2 unspecified atom stereocenters. The molecule has 0 radical (unpaired) electrons. The third-order valence-electron chi connectivity index (χ3n) is 5.50. The quantitative estimate of drug-likeness (QED) is 0.379. The second-order valence-corrected chi connectivity index (χ2v) is 7.47. The maximum atomic E-state index is 9.56. The molecule has 2 aliphatic rings. The molecule has 1 saturated carbocycles. The largest absolute Gasteiger partial charge is 0.393 e. The van der Waals surface area contributed by atoms with Crippen LogP contribution >= 0.6 is 0 Å². The van der Waals surface area contributed by atoms with Gasteiger partial charge in [0.25, 0.3) is 0 Å². The van der Waals surface area contributed by atoms with Gasteiger partial charge in [-0.3, -0.25) is 4.99 Å². The Bertz CT molecular complexity index is 366. The van der Waals surface area contributed by atoms with Crippen molar-refractivity contribution in [3.63, 3.8) is 0 Å². The van der Waals surface area contributed by atoms with Gasteiger partial charge in [-0.1, -0.05) is 26.2 Å².